The van der Waals surface area contributed by atoms with Crippen LogP contribution in [0.4, 0.5) is 11.6 Å². The van der Waals surface area contributed by atoms with Gasteiger partial charge in [-0.3, -0.25) is 4.72 Å². The lowest BCUT2D eigenvalue weighted by Crippen LogP contribution is -2.16. The van der Waals surface area contributed by atoms with Crippen molar-refractivity contribution in [2.75, 3.05) is 23.7 Å². The van der Waals surface area contributed by atoms with Gasteiger partial charge >= 0.3 is 0 Å². The van der Waals surface area contributed by atoms with Crippen molar-refractivity contribution in [2.45, 2.75) is 18.7 Å². The van der Waals surface area contributed by atoms with Crippen molar-refractivity contribution >= 4 is 21.7 Å². The number of aryl methyl sites for hydroxylation is 2. The van der Waals surface area contributed by atoms with E-state index in [1.807, 2.05) is 0 Å². The predicted octanol–water partition coefficient (Wildman–Crippen LogP) is 0.948. The van der Waals surface area contributed by atoms with Crippen LogP contribution in [0.3, 0.4) is 0 Å². The lowest BCUT2D eigenvalue weighted by atomic mass is 10.4. The van der Waals surface area contributed by atoms with Gasteiger partial charge in [-0.05, 0) is 13.8 Å². The van der Waals surface area contributed by atoms with Crippen molar-refractivity contribution in [1.82, 2.24) is 15.1 Å². The Morgan fingerprint density at radius 1 is 1.20 bits per heavy atom. The van der Waals surface area contributed by atoms with E-state index in [-0.39, 0.29) is 16.3 Å². The summed E-state index contributed by atoms with van der Waals surface area (Å²) in [4.78, 5) is 9.83. The lowest BCUT2D eigenvalue weighted by Gasteiger charge is -2.11. The Morgan fingerprint density at radius 2 is 1.80 bits per heavy atom. The Labute approximate surface area is 116 Å². The van der Waals surface area contributed by atoms with Gasteiger partial charge in [0.25, 0.3) is 10.0 Å². The molecule has 0 radical (unpaired) electrons. The summed E-state index contributed by atoms with van der Waals surface area (Å²) in [5, 5.41) is 3.63. The Bertz CT molecular complexity index is 687. The van der Waals surface area contributed by atoms with Crippen molar-refractivity contribution in [2.24, 2.45) is 0 Å². The van der Waals surface area contributed by atoms with Crippen LogP contribution in [-0.4, -0.2) is 37.6 Å². The SMILES string of the molecule is Cc1noc(C)c1S(=O)(=O)Nc1cnc(N(C)C)nc1. The molecule has 0 aliphatic carbocycles. The fraction of sp³-hybridized carbons (Fsp3) is 0.364. The number of nitrogens with one attached hydrogen (secondary N) is 1. The van der Waals surface area contributed by atoms with Crippen LogP contribution in [0.5, 0.6) is 0 Å². The number of aromatic nitrogens is 3. The van der Waals surface area contributed by atoms with Gasteiger partial charge in [-0.1, -0.05) is 5.16 Å². The average Bonchev–Trinajstić information content (AvgIpc) is 2.69. The standard InChI is InChI=1S/C11H15N5O3S/c1-7-10(8(2)19-14-7)20(17,18)15-9-5-12-11(13-6-9)16(3)4/h5-6,15H,1-4H3. The molecule has 0 aliphatic rings. The van der Waals surface area contributed by atoms with Crippen LogP contribution < -0.4 is 9.62 Å². The maximum absolute atomic E-state index is 12.2. The summed E-state index contributed by atoms with van der Waals surface area (Å²) in [6.45, 7) is 3.11. The normalized spacial score (nSPS) is 11.4. The Morgan fingerprint density at radius 3 is 2.25 bits per heavy atom. The molecule has 0 aliphatic heterocycles. The highest BCUT2D eigenvalue weighted by Crippen LogP contribution is 2.21. The molecule has 0 amide bonds. The topological polar surface area (TPSA) is 101 Å². The Hall–Kier alpha value is -2.16. The van der Waals surface area contributed by atoms with Crippen molar-refractivity contribution in [3.63, 3.8) is 0 Å². The molecule has 9 heteroatoms. The molecular weight excluding hydrogens is 282 g/mol. The summed E-state index contributed by atoms with van der Waals surface area (Å²) in [6.07, 6.45) is 2.80. The van der Waals surface area contributed by atoms with E-state index in [2.05, 4.69) is 19.8 Å². The molecule has 0 bridgehead atoms. The smallest absolute Gasteiger partial charge is 0.267 e. The van der Waals surface area contributed by atoms with E-state index >= 15 is 0 Å². The Balaban J connectivity index is 2.29. The average molecular weight is 297 g/mol. The van der Waals surface area contributed by atoms with Gasteiger partial charge in [-0.2, -0.15) is 0 Å². The highest BCUT2D eigenvalue weighted by molar-refractivity contribution is 7.92. The first kappa shape index (κ1) is 14.3. The summed E-state index contributed by atoms with van der Waals surface area (Å²) in [5.41, 5.74) is 0.580. The molecule has 0 spiro atoms. The minimum Gasteiger partial charge on any atom is -0.360 e. The first-order valence-corrected chi connectivity index (χ1v) is 7.24. The minimum atomic E-state index is -3.76. The molecule has 2 aromatic heterocycles. The molecule has 0 saturated carbocycles. The van der Waals surface area contributed by atoms with E-state index in [9.17, 15) is 8.42 Å². The van der Waals surface area contributed by atoms with Gasteiger partial charge in [0.1, 0.15) is 5.69 Å². The third-order valence-electron chi connectivity index (χ3n) is 2.53. The predicted molar refractivity (Wildman–Crippen MR) is 73.1 cm³/mol. The van der Waals surface area contributed by atoms with Crippen molar-refractivity contribution < 1.29 is 12.9 Å². The van der Waals surface area contributed by atoms with Crippen LogP contribution >= 0.6 is 0 Å². The summed E-state index contributed by atoms with van der Waals surface area (Å²) in [6, 6.07) is 0. The third-order valence-corrected chi connectivity index (χ3v) is 4.15. The zero-order valence-electron chi connectivity index (χ0n) is 11.6. The first-order valence-electron chi connectivity index (χ1n) is 5.76. The second-order valence-corrected chi connectivity index (χ2v) is 6.04. The molecule has 0 aromatic carbocycles. The maximum atomic E-state index is 12.2. The highest BCUT2D eigenvalue weighted by Gasteiger charge is 2.24. The van der Waals surface area contributed by atoms with E-state index in [0.717, 1.165) is 0 Å². The first-order chi connectivity index (χ1) is 9.31. The van der Waals surface area contributed by atoms with E-state index in [1.54, 1.807) is 32.8 Å². The molecule has 0 fully saturated rings. The molecular formula is C11H15N5O3S. The zero-order chi connectivity index (χ0) is 14.9. The van der Waals surface area contributed by atoms with Crippen LogP contribution in [0.15, 0.2) is 21.8 Å². The summed E-state index contributed by atoms with van der Waals surface area (Å²) < 4.78 is 31.8. The zero-order valence-corrected chi connectivity index (χ0v) is 12.4. The molecule has 2 rings (SSSR count). The number of rotatable bonds is 4. The van der Waals surface area contributed by atoms with Gasteiger partial charge in [0.2, 0.25) is 5.95 Å². The van der Waals surface area contributed by atoms with E-state index in [4.69, 9.17) is 4.52 Å². The number of sulfonamides is 1. The summed E-state index contributed by atoms with van der Waals surface area (Å²) >= 11 is 0. The molecule has 0 atom stereocenters. The highest BCUT2D eigenvalue weighted by atomic mass is 32.2. The van der Waals surface area contributed by atoms with Crippen molar-refractivity contribution in [3.8, 4) is 0 Å². The van der Waals surface area contributed by atoms with E-state index in [1.165, 1.54) is 12.4 Å². The fourth-order valence-corrected chi connectivity index (χ4v) is 3.03. The number of nitrogens with zero attached hydrogens (tertiary/aromatic N) is 4. The maximum Gasteiger partial charge on any atom is 0.267 e. The molecule has 0 saturated heterocycles. The van der Waals surface area contributed by atoms with Crippen LogP contribution in [0.2, 0.25) is 0 Å². The molecule has 8 nitrogen and oxygen atoms in total. The molecule has 0 unspecified atom stereocenters. The van der Waals surface area contributed by atoms with Crippen molar-refractivity contribution in [1.29, 1.82) is 0 Å². The molecule has 2 aromatic rings. The van der Waals surface area contributed by atoms with Gasteiger partial charge in [0, 0.05) is 14.1 Å². The van der Waals surface area contributed by atoms with Crippen LogP contribution in [0.1, 0.15) is 11.5 Å². The lowest BCUT2D eigenvalue weighted by molar-refractivity contribution is 0.390. The number of anilines is 2. The monoisotopic (exact) mass is 297 g/mol. The van der Waals surface area contributed by atoms with E-state index in [0.29, 0.717) is 11.6 Å². The second kappa shape index (κ2) is 5.08. The van der Waals surface area contributed by atoms with Crippen LogP contribution in [0, 0.1) is 13.8 Å². The van der Waals surface area contributed by atoms with Gasteiger partial charge in [-0.15, -0.1) is 0 Å². The summed E-state index contributed by atoms with van der Waals surface area (Å²) in [5.74, 6) is 0.728. The summed E-state index contributed by atoms with van der Waals surface area (Å²) in [7, 11) is -0.175. The third kappa shape index (κ3) is 2.72. The van der Waals surface area contributed by atoms with Gasteiger partial charge in [0.15, 0.2) is 10.7 Å². The van der Waals surface area contributed by atoms with Gasteiger partial charge in [0.05, 0.1) is 18.1 Å². The van der Waals surface area contributed by atoms with Crippen LogP contribution in [-0.2, 0) is 10.0 Å². The molecule has 20 heavy (non-hydrogen) atoms. The molecule has 108 valence electrons. The number of hydrogen-bond donors (Lipinski definition) is 1. The van der Waals surface area contributed by atoms with E-state index < -0.39 is 10.0 Å². The largest absolute Gasteiger partial charge is 0.360 e. The Kier molecular flexibility index (Phi) is 3.62. The minimum absolute atomic E-state index is 0.0363. The van der Waals surface area contributed by atoms with Crippen LogP contribution in [0.25, 0.3) is 0 Å². The van der Waals surface area contributed by atoms with Crippen molar-refractivity contribution in [3.05, 3.63) is 23.8 Å². The quantitative estimate of drug-likeness (QED) is 0.896. The fourth-order valence-electron chi connectivity index (χ4n) is 1.67. The molecule has 1 N–H and O–H groups in total. The van der Waals surface area contributed by atoms with Gasteiger partial charge < -0.3 is 9.42 Å². The second-order valence-electron chi connectivity index (χ2n) is 4.42. The number of hydrogen-bond acceptors (Lipinski definition) is 7. The van der Waals surface area contributed by atoms with Gasteiger partial charge in [-0.25, -0.2) is 18.4 Å². The molecule has 2 heterocycles.